The van der Waals surface area contributed by atoms with E-state index < -0.39 is 5.41 Å². The number of methoxy groups -OCH3 is 3. The molecule has 0 saturated carbocycles. The second-order valence-electron chi connectivity index (χ2n) is 10.1. The number of likely N-dealkylation sites (tertiary alicyclic amines) is 1. The first kappa shape index (κ1) is 27.7. The summed E-state index contributed by atoms with van der Waals surface area (Å²) < 4.78 is 35.6. The maximum absolute atomic E-state index is 13.5. The number of benzene rings is 2. The average Bonchev–Trinajstić information content (AvgIpc) is 3.37. The van der Waals surface area contributed by atoms with Crippen LogP contribution < -0.4 is 14.2 Å². The molecule has 0 N–H and O–H groups in total. The molecule has 1 fully saturated rings. The molecule has 0 spiro atoms. The van der Waals surface area contributed by atoms with Gasteiger partial charge in [0.05, 0.1) is 38.5 Å². The Hall–Kier alpha value is -3.31. The van der Waals surface area contributed by atoms with Crippen molar-refractivity contribution in [2.75, 3.05) is 41.0 Å². The summed E-state index contributed by atoms with van der Waals surface area (Å²) in [6.07, 6.45) is 6.37. The van der Waals surface area contributed by atoms with Crippen molar-refractivity contribution >= 4 is 11.0 Å². The minimum Gasteiger partial charge on any atom is -0.493 e. The molecule has 0 bridgehead atoms. The van der Waals surface area contributed by atoms with Crippen molar-refractivity contribution in [1.29, 1.82) is 5.26 Å². The van der Waals surface area contributed by atoms with Gasteiger partial charge in [0.1, 0.15) is 5.82 Å². The molecule has 1 saturated heterocycles. The summed E-state index contributed by atoms with van der Waals surface area (Å²) in [7, 11) is 4.79. The quantitative estimate of drug-likeness (QED) is 0.264. The molecule has 0 radical (unpaired) electrons. The number of nitrogens with zero attached hydrogens (tertiary/aromatic N) is 3. The Balaban J connectivity index is 1.42. The molecule has 1 unspecified atom stereocenters. The molecule has 204 valence electrons. The zero-order valence-corrected chi connectivity index (χ0v) is 22.9. The number of hydrogen-bond donors (Lipinski definition) is 0. The molecule has 0 amide bonds. The van der Waals surface area contributed by atoms with Crippen LogP contribution in [0.25, 0.3) is 11.0 Å². The van der Waals surface area contributed by atoms with E-state index in [4.69, 9.17) is 18.7 Å². The number of fused-ring (bicyclic) bond motifs is 1. The third kappa shape index (κ3) is 5.73. The Kier molecular flexibility index (Phi) is 9.11. The van der Waals surface area contributed by atoms with Gasteiger partial charge < -0.3 is 23.6 Å². The van der Waals surface area contributed by atoms with Gasteiger partial charge in [0.25, 0.3) is 0 Å². The highest BCUT2D eigenvalue weighted by molar-refractivity contribution is 5.79. The minimum atomic E-state index is -0.629. The summed E-state index contributed by atoms with van der Waals surface area (Å²) in [4.78, 5) is 2.47. The second-order valence-corrected chi connectivity index (χ2v) is 10.1. The Morgan fingerprint density at radius 2 is 1.74 bits per heavy atom. The van der Waals surface area contributed by atoms with Crippen molar-refractivity contribution in [2.45, 2.75) is 63.2 Å². The SMILES string of the molecule is CCCCC(C#N)(CCCN1CCC(c2noc3cc(F)ccc23)CC1)c1cc(OC)c(OC)c(OC)c1. The van der Waals surface area contributed by atoms with E-state index in [1.165, 1.54) is 12.1 Å². The number of hydrogen-bond acceptors (Lipinski definition) is 7. The molecule has 2 heterocycles. The Morgan fingerprint density at radius 1 is 1.05 bits per heavy atom. The maximum Gasteiger partial charge on any atom is 0.203 e. The van der Waals surface area contributed by atoms with Crippen LogP contribution in [0.3, 0.4) is 0 Å². The predicted octanol–water partition coefficient (Wildman–Crippen LogP) is 6.60. The third-order valence-electron chi connectivity index (χ3n) is 7.90. The minimum absolute atomic E-state index is 0.306. The average molecular weight is 524 g/mol. The van der Waals surface area contributed by atoms with Gasteiger partial charge in [-0.15, -0.1) is 0 Å². The normalized spacial score (nSPS) is 16.2. The fourth-order valence-electron chi connectivity index (χ4n) is 5.69. The van der Waals surface area contributed by atoms with Gasteiger partial charge >= 0.3 is 0 Å². The van der Waals surface area contributed by atoms with Gasteiger partial charge in [-0.2, -0.15) is 5.26 Å². The van der Waals surface area contributed by atoms with E-state index in [1.807, 2.05) is 12.1 Å². The summed E-state index contributed by atoms with van der Waals surface area (Å²) >= 11 is 0. The molecular formula is C30H38FN3O4. The number of unbranched alkanes of at least 4 members (excludes halogenated alkanes) is 1. The summed E-state index contributed by atoms with van der Waals surface area (Å²) in [6.45, 7) is 4.99. The Morgan fingerprint density at radius 3 is 2.34 bits per heavy atom. The van der Waals surface area contributed by atoms with Crippen molar-refractivity contribution < 1.29 is 23.1 Å². The van der Waals surface area contributed by atoms with Gasteiger partial charge in [-0.3, -0.25) is 0 Å². The molecule has 3 aromatic rings. The van der Waals surface area contributed by atoms with Crippen LogP contribution >= 0.6 is 0 Å². The lowest BCUT2D eigenvalue weighted by molar-refractivity contribution is 0.201. The van der Waals surface area contributed by atoms with Crippen molar-refractivity contribution in [3.63, 3.8) is 0 Å². The van der Waals surface area contributed by atoms with Crippen molar-refractivity contribution in [1.82, 2.24) is 10.1 Å². The number of aromatic nitrogens is 1. The lowest BCUT2D eigenvalue weighted by Crippen LogP contribution is -2.35. The highest BCUT2D eigenvalue weighted by Crippen LogP contribution is 2.44. The number of rotatable bonds is 12. The summed E-state index contributed by atoms with van der Waals surface area (Å²) in [5, 5.41) is 15.7. The van der Waals surface area contributed by atoms with Crippen LogP contribution in [0.15, 0.2) is 34.9 Å². The molecule has 7 nitrogen and oxygen atoms in total. The molecule has 8 heteroatoms. The van der Waals surface area contributed by atoms with Crippen LogP contribution in [0.4, 0.5) is 4.39 Å². The molecule has 1 aliphatic heterocycles. The maximum atomic E-state index is 13.5. The van der Waals surface area contributed by atoms with E-state index in [0.29, 0.717) is 28.7 Å². The van der Waals surface area contributed by atoms with Gasteiger partial charge in [-0.05, 0) is 81.6 Å². The van der Waals surface area contributed by atoms with E-state index >= 15 is 0 Å². The van der Waals surface area contributed by atoms with Crippen LogP contribution in [-0.2, 0) is 5.41 Å². The van der Waals surface area contributed by atoms with E-state index in [0.717, 1.165) is 81.2 Å². The third-order valence-corrected chi connectivity index (χ3v) is 7.90. The first-order valence-electron chi connectivity index (χ1n) is 13.5. The monoisotopic (exact) mass is 523 g/mol. The van der Waals surface area contributed by atoms with Crippen molar-refractivity contribution in [3.05, 3.63) is 47.4 Å². The highest BCUT2D eigenvalue weighted by Gasteiger charge is 2.34. The zero-order chi connectivity index (χ0) is 27.1. The Labute approximate surface area is 224 Å². The van der Waals surface area contributed by atoms with Crippen LogP contribution in [0.1, 0.15) is 69.0 Å². The molecular weight excluding hydrogens is 485 g/mol. The summed E-state index contributed by atoms with van der Waals surface area (Å²) in [5.41, 5.74) is 1.73. The van der Waals surface area contributed by atoms with Gasteiger partial charge in [0, 0.05) is 17.4 Å². The Bertz CT molecular complexity index is 1240. The van der Waals surface area contributed by atoms with Crippen molar-refractivity contribution in [2.24, 2.45) is 0 Å². The standard InChI is InChI=1S/C30H38FN3O4/c1-5-6-12-30(20-32,22-17-26(35-2)29(37-4)27(18-22)36-3)13-7-14-34-15-10-21(11-16-34)28-24-9-8-23(31)19-25(24)38-33-28/h8-9,17-19,21H,5-7,10-16H2,1-4H3. The summed E-state index contributed by atoms with van der Waals surface area (Å²) in [5.74, 6) is 1.68. The fourth-order valence-corrected chi connectivity index (χ4v) is 5.69. The van der Waals surface area contributed by atoms with Gasteiger partial charge in [0.15, 0.2) is 17.1 Å². The van der Waals surface area contributed by atoms with E-state index in [-0.39, 0.29) is 5.82 Å². The molecule has 1 aromatic heterocycles. The topological polar surface area (TPSA) is 80.8 Å². The lowest BCUT2D eigenvalue weighted by Gasteiger charge is -2.33. The van der Waals surface area contributed by atoms with Gasteiger partial charge in [0.2, 0.25) is 5.75 Å². The molecule has 38 heavy (non-hydrogen) atoms. The predicted molar refractivity (Wildman–Crippen MR) is 145 cm³/mol. The lowest BCUT2D eigenvalue weighted by atomic mass is 9.74. The van der Waals surface area contributed by atoms with Crippen LogP contribution in [0, 0.1) is 17.1 Å². The van der Waals surface area contributed by atoms with Gasteiger partial charge in [-0.1, -0.05) is 24.9 Å². The molecule has 1 aliphatic rings. The van der Waals surface area contributed by atoms with Gasteiger partial charge in [-0.25, -0.2) is 4.39 Å². The highest BCUT2D eigenvalue weighted by atomic mass is 19.1. The first-order chi connectivity index (χ1) is 18.5. The number of ether oxygens (including phenoxy) is 3. The molecule has 4 rings (SSSR count). The van der Waals surface area contributed by atoms with Crippen LogP contribution in [0.5, 0.6) is 17.2 Å². The first-order valence-corrected chi connectivity index (χ1v) is 13.5. The van der Waals surface area contributed by atoms with E-state index in [2.05, 4.69) is 23.0 Å². The zero-order valence-electron chi connectivity index (χ0n) is 22.9. The van der Waals surface area contributed by atoms with Crippen molar-refractivity contribution in [3.8, 4) is 23.3 Å². The fraction of sp³-hybridized carbons (Fsp3) is 0.533. The number of piperidine rings is 1. The van der Waals surface area contributed by atoms with Crippen LogP contribution in [0.2, 0.25) is 0 Å². The smallest absolute Gasteiger partial charge is 0.203 e. The largest absolute Gasteiger partial charge is 0.493 e. The second kappa shape index (κ2) is 12.5. The molecule has 1 atom stereocenters. The molecule has 0 aliphatic carbocycles. The van der Waals surface area contributed by atoms with E-state index in [1.54, 1.807) is 27.4 Å². The van der Waals surface area contributed by atoms with E-state index in [9.17, 15) is 9.65 Å². The number of halogens is 1. The number of nitriles is 1. The summed E-state index contributed by atoms with van der Waals surface area (Å²) in [6, 6.07) is 11.2. The molecule has 2 aromatic carbocycles. The van der Waals surface area contributed by atoms with Crippen LogP contribution in [-0.4, -0.2) is 51.0 Å².